The fourth-order valence-corrected chi connectivity index (χ4v) is 2.91. The van der Waals surface area contributed by atoms with Crippen molar-refractivity contribution in [2.24, 2.45) is 0 Å². The van der Waals surface area contributed by atoms with E-state index in [0.717, 1.165) is 10.4 Å². The highest BCUT2D eigenvalue weighted by atomic mass is 35.5. The van der Waals surface area contributed by atoms with Gasteiger partial charge in [0.25, 0.3) is 0 Å². The number of pyridine rings is 1. The number of nitrogens with zero attached hydrogens (tertiary/aromatic N) is 4. The largest absolute Gasteiger partial charge is 0.411 e. The van der Waals surface area contributed by atoms with Crippen LogP contribution in [0.25, 0.3) is 28.2 Å². The third kappa shape index (κ3) is 2.56. The Labute approximate surface area is 152 Å². The van der Waals surface area contributed by atoms with Crippen LogP contribution in [-0.4, -0.2) is 24.5 Å². The van der Waals surface area contributed by atoms with Crippen LogP contribution >= 0.6 is 23.2 Å². The molecule has 0 saturated carbocycles. The molecule has 0 atom stereocenters. The van der Waals surface area contributed by atoms with Gasteiger partial charge in [0.15, 0.2) is 11.1 Å². The molecule has 6 nitrogen and oxygen atoms in total. The molecule has 0 saturated heterocycles. The second-order valence-corrected chi connectivity index (χ2v) is 6.15. The van der Waals surface area contributed by atoms with Crippen molar-refractivity contribution in [2.75, 3.05) is 0 Å². The lowest BCUT2D eigenvalue weighted by molar-refractivity contribution is 0.124. The molecular formula is C17H11Cl2N5O. The fraction of sp³-hybridized carbons (Fsp3) is 0. The molecule has 0 amide bonds. The van der Waals surface area contributed by atoms with Gasteiger partial charge < -0.3 is 5.21 Å². The molecule has 0 spiro atoms. The summed E-state index contributed by atoms with van der Waals surface area (Å²) >= 11 is 12.1. The zero-order chi connectivity index (χ0) is 17.6. The third-order valence-electron chi connectivity index (χ3n) is 3.82. The van der Waals surface area contributed by atoms with Gasteiger partial charge in [-0.15, -0.1) is 0 Å². The summed E-state index contributed by atoms with van der Waals surface area (Å²) < 4.78 is 1.38. The molecule has 0 aliphatic heterocycles. The first kappa shape index (κ1) is 15.7. The summed E-state index contributed by atoms with van der Waals surface area (Å²) in [5.74, 6) is 0. The second kappa shape index (κ2) is 5.91. The van der Waals surface area contributed by atoms with E-state index in [1.807, 2.05) is 12.1 Å². The first-order chi connectivity index (χ1) is 12.1. The lowest BCUT2D eigenvalue weighted by atomic mass is 10.1. The van der Waals surface area contributed by atoms with Crippen LogP contribution < -0.4 is 5.49 Å². The topological polar surface area (TPSA) is 79.2 Å². The maximum Gasteiger partial charge on any atom is 0.194 e. The summed E-state index contributed by atoms with van der Waals surface area (Å²) in [5, 5.41) is 19.2. The highest BCUT2D eigenvalue weighted by molar-refractivity contribution is 6.42. The van der Waals surface area contributed by atoms with Gasteiger partial charge in [-0.2, -0.15) is 0 Å². The normalized spacial score (nSPS) is 11.1. The van der Waals surface area contributed by atoms with Crippen molar-refractivity contribution in [1.29, 1.82) is 5.41 Å². The molecule has 0 fully saturated rings. The zero-order valence-corrected chi connectivity index (χ0v) is 14.2. The molecule has 124 valence electrons. The first-order valence-corrected chi connectivity index (χ1v) is 8.07. The summed E-state index contributed by atoms with van der Waals surface area (Å²) in [6.07, 6.45) is 3.26. The Morgan fingerprint density at radius 1 is 1.00 bits per heavy atom. The number of nitrogens with one attached hydrogen (secondary N) is 1. The summed E-state index contributed by atoms with van der Waals surface area (Å²) in [7, 11) is 0. The third-order valence-corrected chi connectivity index (χ3v) is 4.56. The number of benzene rings is 1. The van der Waals surface area contributed by atoms with Gasteiger partial charge in [-0.05, 0) is 30.3 Å². The highest BCUT2D eigenvalue weighted by Gasteiger charge is 2.17. The van der Waals surface area contributed by atoms with Crippen LogP contribution in [0.15, 0.2) is 54.9 Å². The Morgan fingerprint density at radius 2 is 1.84 bits per heavy atom. The van der Waals surface area contributed by atoms with Crippen molar-refractivity contribution < 1.29 is 5.21 Å². The molecule has 8 heteroatoms. The smallest absolute Gasteiger partial charge is 0.194 e. The molecule has 0 radical (unpaired) electrons. The standard InChI is InChI=1S/C17H11Cl2N5O/c18-11-5-4-10(9-12(11)19)13-6-8-23-17(22-13)15(16(20)24(23)25)14-3-1-2-7-21-14/h1-9,20,25H. The SMILES string of the molecule is N=c1c(-c2ccccn2)c2nc(-c3ccc(Cl)c(Cl)c3)ccn2n1O. The van der Waals surface area contributed by atoms with Crippen LogP contribution in [0.2, 0.25) is 10.0 Å². The average Bonchev–Trinajstić information content (AvgIpc) is 2.88. The van der Waals surface area contributed by atoms with E-state index in [0.29, 0.717) is 32.6 Å². The monoisotopic (exact) mass is 371 g/mol. The Balaban J connectivity index is 1.99. The Hall–Kier alpha value is -2.83. The van der Waals surface area contributed by atoms with Crippen LogP contribution in [0, 0.1) is 5.41 Å². The van der Waals surface area contributed by atoms with E-state index in [1.54, 1.807) is 42.7 Å². The Bertz CT molecular complexity index is 1150. The van der Waals surface area contributed by atoms with Gasteiger partial charge in [0.1, 0.15) is 0 Å². The Kier molecular flexibility index (Phi) is 3.71. The van der Waals surface area contributed by atoms with E-state index in [9.17, 15) is 5.21 Å². The van der Waals surface area contributed by atoms with Crippen LogP contribution in [0.4, 0.5) is 0 Å². The zero-order valence-electron chi connectivity index (χ0n) is 12.7. The molecule has 0 unspecified atom stereocenters. The molecule has 2 N–H and O–H groups in total. The molecule has 3 aromatic heterocycles. The van der Waals surface area contributed by atoms with Gasteiger partial charge in [-0.25, -0.2) is 9.50 Å². The average molecular weight is 372 g/mol. The number of hydrogen-bond acceptors (Lipinski definition) is 4. The van der Waals surface area contributed by atoms with Gasteiger partial charge in [-0.1, -0.05) is 40.2 Å². The molecule has 4 aromatic rings. The van der Waals surface area contributed by atoms with Crippen LogP contribution in [0.3, 0.4) is 0 Å². The van der Waals surface area contributed by atoms with Crippen molar-refractivity contribution in [3.8, 4) is 22.5 Å². The Morgan fingerprint density at radius 3 is 2.56 bits per heavy atom. The molecule has 3 heterocycles. The summed E-state index contributed by atoms with van der Waals surface area (Å²) in [4.78, 5) is 9.59. The predicted molar refractivity (Wildman–Crippen MR) is 94.9 cm³/mol. The molecule has 0 aliphatic carbocycles. The number of hydrogen-bond donors (Lipinski definition) is 2. The molecule has 4 rings (SSSR count). The lowest BCUT2D eigenvalue weighted by Crippen LogP contribution is -2.17. The molecule has 1 aromatic carbocycles. The van der Waals surface area contributed by atoms with Gasteiger partial charge in [0.05, 0.1) is 27.0 Å². The van der Waals surface area contributed by atoms with Crippen LogP contribution in [-0.2, 0) is 0 Å². The van der Waals surface area contributed by atoms with Gasteiger partial charge in [0, 0.05) is 18.0 Å². The highest BCUT2D eigenvalue weighted by Crippen LogP contribution is 2.28. The van der Waals surface area contributed by atoms with E-state index in [1.165, 1.54) is 4.52 Å². The first-order valence-electron chi connectivity index (χ1n) is 7.31. The van der Waals surface area contributed by atoms with E-state index in [-0.39, 0.29) is 5.49 Å². The van der Waals surface area contributed by atoms with Gasteiger partial charge in [-0.3, -0.25) is 10.4 Å². The van der Waals surface area contributed by atoms with Crippen molar-refractivity contribution in [3.05, 3.63) is 70.4 Å². The minimum absolute atomic E-state index is 0.0995. The lowest BCUT2D eigenvalue weighted by Gasteiger charge is -2.05. The minimum atomic E-state index is -0.0995. The van der Waals surface area contributed by atoms with E-state index >= 15 is 0 Å². The van der Waals surface area contributed by atoms with Crippen molar-refractivity contribution >= 4 is 28.8 Å². The molecular weight excluding hydrogens is 361 g/mol. The minimum Gasteiger partial charge on any atom is -0.411 e. The maximum absolute atomic E-state index is 10.2. The second-order valence-electron chi connectivity index (χ2n) is 5.34. The van der Waals surface area contributed by atoms with Crippen molar-refractivity contribution in [2.45, 2.75) is 0 Å². The molecule has 25 heavy (non-hydrogen) atoms. The van der Waals surface area contributed by atoms with Crippen molar-refractivity contribution in [3.63, 3.8) is 0 Å². The predicted octanol–water partition coefficient (Wildman–Crippen LogP) is 3.89. The molecule has 0 aliphatic rings. The summed E-state index contributed by atoms with van der Waals surface area (Å²) in [5.41, 5.74) is 2.72. The number of rotatable bonds is 2. The maximum atomic E-state index is 10.2. The van der Waals surface area contributed by atoms with E-state index in [2.05, 4.69) is 9.97 Å². The summed E-state index contributed by atoms with van der Waals surface area (Å²) in [6.45, 7) is 0. The van der Waals surface area contributed by atoms with Crippen LogP contribution in [0.1, 0.15) is 0 Å². The van der Waals surface area contributed by atoms with E-state index < -0.39 is 0 Å². The molecule has 0 bridgehead atoms. The van der Waals surface area contributed by atoms with E-state index in [4.69, 9.17) is 28.6 Å². The number of fused-ring (bicyclic) bond motifs is 1. The van der Waals surface area contributed by atoms with Crippen molar-refractivity contribution in [1.82, 2.24) is 19.3 Å². The number of aromatic nitrogens is 4. The summed E-state index contributed by atoms with van der Waals surface area (Å²) in [6, 6.07) is 12.3. The quantitative estimate of drug-likeness (QED) is 0.524. The van der Waals surface area contributed by atoms with Gasteiger partial charge in [0.2, 0.25) is 0 Å². The number of halogens is 2. The van der Waals surface area contributed by atoms with Crippen LogP contribution in [0.5, 0.6) is 0 Å². The fourth-order valence-electron chi connectivity index (χ4n) is 2.61. The van der Waals surface area contributed by atoms with Gasteiger partial charge >= 0.3 is 0 Å².